The van der Waals surface area contributed by atoms with E-state index in [0.29, 0.717) is 24.1 Å². The van der Waals surface area contributed by atoms with E-state index < -0.39 is 17.6 Å². The second-order valence-corrected chi connectivity index (χ2v) is 6.01. The van der Waals surface area contributed by atoms with Crippen molar-refractivity contribution in [3.8, 4) is 0 Å². The van der Waals surface area contributed by atoms with Gasteiger partial charge in [-0.2, -0.15) is 0 Å². The van der Waals surface area contributed by atoms with Crippen LogP contribution in [0.25, 0.3) is 0 Å². The van der Waals surface area contributed by atoms with Crippen LogP contribution in [-0.4, -0.2) is 37.2 Å². The number of anilines is 1. The lowest BCUT2D eigenvalue weighted by atomic mass is 9.81. The zero-order chi connectivity index (χ0) is 18.3. The molecule has 0 bridgehead atoms. The van der Waals surface area contributed by atoms with Crippen LogP contribution in [0.3, 0.4) is 0 Å². The number of rotatable bonds is 5. The largest absolute Gasteiger partial charge is 0.467 e. The third-order valence-electron chi connectivity index (χ3n) is 4.28. The number of hydrogen-bond donors (Lipinski definition) is 2. The van der Waals surface area contributed by atoms with Gasteiger partial charge in [-0.25, -0.2) is 9.59 Å². The summed E-state index contributed by atoms with van der Waals surface area (Å²) >= 11 is 0. The second kappa shape index (κ2) is 8.50. The first-order valence-corrected chi connectivity index (χ1v) is 8.45. The summed E-state index contributed by atoms with van der Waals surface area (Å²) in [4.78, 5) is 36.4. The highest BCUT2D eigenvalue weighted by molar-refractivity contribution is 5.99. The lowest BCUT2D eigenvalue weighted by molar-refractivity contribution is -0.149. The summed E-state index contributed by atoms with van der Waals surface area (Å²) in [7, 11) is 1.33. The number of esters is 1. The number of ether oxygens (including phenoxy) is 2. The standard InChI is InChI=1S/C18H24N2O5/c1-3-25-17(23)19-14-9-7-8-13(12-14)15(21)20-18(16(22)24-2)10-5-4-6-11-18/h7-9,12H,3-6,10-11H2,1-2H3,(H,19,23)(H,20,21). The number of amides is 2. The van der Waals surface area contributed by atoms with Gasteiger partial charge in [-0.15, -0.1) is 0 Å². The minimum Gasteiger partial charge on any atom is -0.467 e. The lowest BCUT2D eigenvalue weighted by Gasteiger charge is -2.35. The Hall–Kier alpha value is -2.57. The van der Waals surface area contributed by atoms with Gasteiger partial charge in [-0.05, 0) is 38.0 Å². The van der Waals surface area contributed by atoms with Gasteiger partial charge in [-0.3, -0.25) is 10.1 Å². The van der Waals surface area contributed by atoms with E-state index in [9.17, 15) is 14.4 Å². The first-order valence-electron chi connectivity index (χ1n) is 8.45. The van der Waals surface area contributed by atoms with Crippen molar-refractivity contribution in [3.63, 3.8) is 0 Å². The smallest absolute Gasteiger partial charge is 0.411 e. The third-order valence-corrected chi connectivity index (χ3v) is 4.28. The molecular weight excluding hydrogens is 324 g/mol. The minimum atomic E-state index is -0.978. The second-order valence-electron chi connectivity index (χ2n) is 6.01. The monoisotopic (exact) mass is 348 g/mol. The van der Waals surface area contributed by atoms with Gasteiger partial charge in [-0.1, -0.05) is 25.3 Å². The molecule has 0 aliphatic heterocycles. The Kier molecular flexibility index (Phi) is 6.38. The van der Waals surface area contributed by atoms with Crippen LogP contribution in [-0.2, 0) is 14.3 Å². The predicted octanol–water partition coefficient (Wildman–Crippen LogP) is 2.86. The Labute approximate surface area is 147 Å². The van der Waals surface area contributed by atoms with Crippen LogP contribution < -0.4 is 10.6 Å². The highest BCUT2D eigenvalue weighted by Crippen LogP contribution is 2.30. The van der Waals surface area contributed by atoms with Gasteiger partial charge in [0.1, 0.15) is 5.54 Å². The summed E-state index contributed by atoms with van der Waals surface area (Å²) in [5.74, 6) is -0.791. The first-order chi connectivity index (χ1) is 12.0. The van der Waals surface area contributed by atoms with Crippen LogP contribution in [0.1, 0.15) is 49.4 Å². The van der Waals surface area contributed by atoms with Crippen molar-refractivity contribution in [2.75, 3.05) is 19.0 Å². The Morgan fingerprint density at radius 3 is 2.52 bits per heavy atom. The molecule has 0 saturated heterocycles. The topological polar surface area (TPSA) is 93.7 Å². The molecule has 0 heterocycles. The van der Waals surface area contributed by atoms with E-state index in [2.05, 4.69) is 10.6 Å². The van der Waals surface area contributed by atoms with Crippen LogP contribution >= 0.6 is 0 Å². The van der Waals surface area contributed by atoms with E-state index in [0.717, 1.165) is 19.3 Å². The molecule has 1 aliphatic rings. The first kappa shape index (κ1) is 18.8. The molecule has 2 N–H and O–H groups in total. The molecule has 25 heavy (non-hydrogen) atoms. The average Bonchev–Trinajstić information content (AvgIpc) is 2.62. The van der Waals surface area contributed by atoms with Crippen molar-refractivity contribution >= 4 is 23.7 Å². The van der Waals surface area contributed by atoms with Gasteiger partial charge in [0.2, 0.25) is 0 Å². The van der Waals surface area contributed by atoms with Gasteiger partial charge in [0, 0.05) is 11.3 Å². The zero-order valence-electron chi connectivity index (χ0n) is 14.6. The van der Waals surface area contributed by atoms with Crippen LogP contribution in [0.5, 0.6) is 0 Å². The molecule has 0 radical (unpaired) electrons. The fourth-order valence-corrected chi connectivity index (χ4v) is 3.04. The maximum Gasteiger partial charge on any atom is 0.411 e. The summed E-state index contributed by atoms with van der Waals surface area (Å²) in [5, 5.41) is 5.40. The maximum atomic E-state index is 12.6. The number of carbonyl (C=O) groups is 3. The third kappa shape index (κ3) is 4.71. The summed E-state index contributed by atoms with van der Waals surface area (Å²) in [5.41, 5.74) is -0.181. The summed E-state index contributed by atoms with van der Waals surface area (Å²) in [6.45, 7) is 1.97. The van der Waals surface area contributed by atoms with Crippen LogP contribution in [0.2, 0.25) is 0 Å². The molecule has 0 spiro atoms. The molecule has 2 amide bonds. The average molecular weight is 348 g/mol. The number of methoxy groups -OCH3 is 1. The number of nitrogens with one attached hydrogen (secondary N) is 2. The normalized spacial score (nSPS) is 15.8. The van der Waals surface area contributed by atoms with E-state index in [1.165, 1.54) is 7.11 Å². The molecule has 1 fully saturated rings. The molecule has 0 unspecified atom stereocenters. The quantitative estimate of drug-likeness (QED) is 0.798. The molecule has 1 saturated carbocycles. The Bertz CT molecular complexity index is 638. The van der Waals surface area contributed by atoms with Crippen LogP contribution in [0, 0.1) is 0 Å². The van der Waals surface area contributed by atoms with Gasteiger partial charge < -0.3 is 14.8 Å². The van der Waals surface area contributed by atoms with E-state index in [4.69, 9.17) is 9.47 Å². The summed E-state index contributed by atoms with van der Waals surface area (Å²) in [6, 6.07) is 6.48. The van der Waals surface area contributed by atoms with Crippen LogP contribution in [0.4, 0.5) is 10.5 Å². The van der Waals surface area contributed by atoms with E-state index >= 15 is 0 Å². The Balaban J connectivity index is 2.13. The van der Waals surface area contributed by atoms with E-state index in [-0.39, 0.29) is 12.5 Å². The lowest BCUT2D eigenvalue weighted by Crippen LogP contribution is -2.56. The molecule has 1 aromatic carbocycles. The SMILES string of the molecule is CCOC(=O)Nc1cccc(C(=O)NC2(C(=O)OC)CCCCC2)c1. The molecular formula is C18H24N2O5. The molecule has 7 nitrogen and oxygen atoms in total. The van der Waals surface area contributed by atoms with Gasteiger partial charge >= 0.3 is 12.1 Å². The molecule has 1 aliphatic carbocycles. The minimum absolute atomic E-state index is 0.258. The van der Waals surface area contributed by atoms with E-state index in [1.807, 2.05) is 0 Å². The number of benzene rings is 1. The molecule has 0 aromatic heterocycles. The number of carbonyl (C=O) groups excluding carboxylic acids is 3. The predicted molar refractivity (Wildman–Crippen MR) is 92.4 cm³/mol. The van der Waals surface area contributed by atoms with Gasteiger partial charge in [0.05, 0.1) is 13.7 Å². The van der Waals surface area contributed by atoms with Gasteiger partial charge in [0.15, 0.2) is 0 Å². The molecule has 2 rings (SSSR count). The molecule has 7 heteroatoms. The summed E-state index contributed by atoms with van der Waals surface area (Å²) < 4.78 is 9.72. The molecule has 1 aromatic rings. The van der Waals surface area contributed by atoms with Crippen molar-refractivity contribution in [1.29, 1.82) is 0 Å². The van der Waals surface area contributed by atoms with Crippen molar-refractivity contribution in [2.45, 2.75) is 44.6 Å². The van der Waals surface area contributed by atoms with Crippen LogP contribution in [0.15, 0.2) is 24.3 Å². The highest BCUT2D eigenvalue weighted by Gasteiger charge is 2.42. The Morgan fingerprint density at radius 1 is 1.16 bits per heavy atom. The fourth-order valence-electron chi connectivity index (χ4n) is 3.04. The summed E-state index contributed by atoms with van der Waals surface area (Å²) in [6.07, 6.45) is 3.30. The highest BCUT2D eigenvalue weighted by atomic mass is 16.5. The van der Waals surface area contributed by atoms with E-state index in [1.54, 1.807) is 31.2 Å². The van der Waals surface area contributed by atoms with Crippen molar-refractivity contribution in [2.24, 2.45) is 0 Å². The number of hydrogen-bond acceptors (Lipinski definition) is 5. The Morgan fingerprint density at radius 2 is 1.88 bits per heavy atom. The van der Waals surface area contributed by atoms with Crippen molar-refractivity contribution < 1.29 is 23.9 Å². The van der Waals surface area contributed by atoms with Crippen molar-refractivity contribution in [3.05, 3.63) is 29.8 Å². The zero-order valence-corrected chi connectivity index (χ0v) is 14.6. The maximum absolute atomic E-state index is 12.6. The molecule has 136 valence electrons. The van der Waals surface area contributed by atoms with Crippen molar-refractivity contribution in [1.82, 2.24) is 5.32 Å². The fraction of sp³-hybridized carbons (Fsp3) is 0.500. The van der Waals surface area contributed by atoms with Gasteiger partial charge in [0.25, 0.3) is 5.91 Å². The molecule has 0 atom stereocenters.